The van der Waals surface area contributed by atoms with E-state index in [2.05, 4.69) is 10.3 Å². The van der Waals surface area contributed by atoms with Crippen LogP contribution in [-0.4, -0.2) is 30.1 Å². The quantitative estimate of drug-likeness (QED) is 0.704. The van der Waals surface area contributed by atoms with Crippen molar-refractivity contribution in [1.82, 2.24) is 10.3 Å². The van der Waals surface area contributed by atoms with Gasteiger partial charge in [-0.15, -0.1) is 11.3 Å². The van der Waals surface area contributed by atoms with Crippen LogP contribution in [-0.2, 0) is 11.2 Å². The third-order valence-corrected chi connectivity index (χ3v) is 5.23. The molecule has 0 fully saturated rings. The van der Waals surface area contributed by atoms with Gasteiger partial charge >= 0.3 is 0 Å². The zero-order valence-corrected chi connectivity index (χ0v) is 15.9. The van der Waals surface area contributed by atoms with E-state index in [1.165, 1.54) is 11.3 Å². The molecule has 0 spiro atoms. The lowest BCUT2D eigenvalue weighted by Gasteiger charge is -2.26. The lowest BCUT2D eigenvalue weighted by molar-refractivity contribution is -0.121. The fraction of sp³-hybridized carbons (Fsp3) is 0.200. The van der Waals surface area contributed by atoms with Gasteiger partial charge in [0.1, 0.15) is 17.7 Å². The molecule has 1 N–H and O–H groups in total. The van der Waals surface area contributed by atoms with Gasteiger partial charge in [0, 0.05) is 16.0 Å². The molecule has 4 rings (SSSR count). The molecule has 0 radical (unpaired) electrons. The maximum Gasteiger partial charge on any atom is 0.226 e. The van der Waals surface area contributed by atoms with Crippen molar-refractivity contribution in [3.63, 3.8) is 0 Å². The summed E-state index contributed by atoms with van der Waals surface area (Å²) in [5.74, 6) is 1.34. The molecule has 1 aromatic heterocycles. The average molecular weight is 401 g/mol. The first-order valence-electron chi connectivity index (χ1n) is 8.53. The number of hydrogen-bond acceptors (Lipinski definition) is 5. The summed E-state index contributed by atoms with van der Waals surface area (Å²) in [6, 6.07) is 15.0. The number of ether oxygens (including phenoxy) is 2. The van der Waals surface area contributed by atoms with Crippen LogP contribution in [0, 0.1) is 0 Å². The van der Waals surface area contributed by atoms with E-state index in [1.807, 2.05) is 53.9 Å². The summed E-state index contributed by atoms with van der Waals surface area (Å²) in [6.07, 6.45) is 0.0163. The summed E-state index contributed by atoms with van der Waals surface area (Å²) < 4.78 is 11.5. The van der Waals surface area contributed by atoms with Crippen molar-refractivity contribution in [2.45, 2.75) is 12.5 Å². The van der Waals surface area contributed by atoms with Gasteiger partial charge in [0.15, 0.2) is 11.5 Å². The molecule has 1 aliphatic rings. The van der Waals surface area contributed by atoms with Gasteiger partial charge in [-0.1, -0.05) is 35.9 Å². The lowest BCUT2D eigenvalue weighted by Crippen LogP contribution is -2.41. The fourth-order valence-corrected chi connectivity index (χ4v) is 3.77. The van der Waals surface area contributed by atoms with Crippen LogP contribution in [0.2, 0.25) is 5.02 Å². The van der Waals surface area contributed by atoms with Gasteiger partial charge in [-0.25, -0.2) is 4.98 Å². The number of fused-ring (bicyclic) bond motifs is 1. The second-order valence-corrected chi connectivity index (χ2v) is 7.43. The van der Waals surface area contributed by atoms with E-state index in [0.717, 1.165) is 22.0 Å². The maximum atomic E-state index is 12.2. The molecule has 27 heavy (non-hydrogen) atoms. The van der Waals surface area contributed by atoms with Crippen molar-refractivity contribution in [3.8, 4) is 22.1 Å². The molecular formula is C20H17ClN2O3S. The van der Waals surface area contributed by atoms with Crippen LogP contribution in [0.1, 0.15) is 5.69 Å². The molecule has 1 atom stereocenters. The Morgan fingerprint density at radius 1 is 1.22 bits per heavy atom. The smallest absolute Gasteiger partial charge is 0.226 e. The largest absolute Gasteiger partial charge is 0.486 e. The van der Waals surface area contributed by atoms with Gasteiger partial charge in [-0.2, -0.15) is 0 Å². The van der Waals surface area contributed by atoms with Gasteiger partial charge in [-0.3, -0.25) is 4.79 Å². The number of benzene rings is 2. The van der Waals surface area contributed by atoms with Crippen LogP contribution >= 0.6 is 22.9 Å². The SMILES string of the molecule is O=C(Cc1csc(-c2cccc(Cl)c2)n1)NCC1COc2ccccc2O1. The van der Waals surface area contributed by atoms with Crippen LogP contribution in [0.15, 0.2) is 53.9 Å². The molecule has 1 amide bonds. The topological polar surface area (TPSA) is 60.5 Å². The molecule has 2 aromatic carbocycles. The minimum atomic E-state index is -0.207. The third-order valence-electron chi connectivity index (χ3n) is 4.06. The van der Waals surface area contributed by atoms with Crippen LogP contribution in [0.3, 0.4) is 0 Å². The van der Waals surface area contributed by atoms with E-state index in [9.17, 15) is 4.79 Å². The maximum absolute atomic E-state index is 12.2. The van der Waals surface area contributed by atoms with Crippen molar-refractivity contribution in [2.75, 3.05) is 13.2 Å². The van der Waals surface area contributed by atoms with Crippen molar-refractivity contribution < 1.29 is 14.3 Å². The van der Waals surface area contributed by atoms with Crippen molar-refractivity contribution in [3.05, 3.63) is 64.6 Å². The molecule has 0 aliphatic carbocycles. The minimum absolute atomic E-state index is 0.0968. The van der Waals surface area contributed by atoms with Gasteiger partial charge in [-0.05, 0) is 24.3 Å². The number of para-hydroxylation sites is 2. The number of amides is 1. The van der Waals surface area contributed by atoms with Gasteiger partial charge in [0.25, 0.3) is 0 Å². The van der Waals surface area contributed by atoms with E-state index in [1.54, 1.807) is 0 Å². The normalized spacial score (nSPS) is 15.4. The Morgan fingerprint density at radius 3 is 2.93 bits per heavy atom. The van der Waals surface area contributed by atoms with E-state index in [4.69, 9.17) is 21.1 Å². The Balaban J connectivity index is 1.30. The molecular weight excluding hydrogens is 384 g/mol. The first-order valence-corrected chi connectivity index (χ1v) is 9.78. The van der Waals surface area contributed by atoms with Crippen molar-refractivity contribution in [1.29, 1.82) is 0 Å². The Hall–Kier alpha value is -2.57. The molecule has 1 unspecified atom stereocenters. The average Bonchev–Trinajstić information content (AvgIpc) is 3.15. The Morgan fingerprint density at radius 2 is 2.07 bits per heavy atom. The van der Waals surface area contributed by atoms with E-state index in [-0.39, 0.29) is 18.4 Å². The molecule has 0 bridgehead atoms. The number of rotatable bonds is 5. The molecule has 138 valence electrons. The second-order valence-electron chi connectivity index (χ2n) is 6.13. The first kappa shape index (κ1) is 17.8. The zero-order valence-electron chi connectivity index (χ0n) is 14.4. The highest BCUT2D eigenvalue weighted by Crippen LogP contribution is 2.30. The number of carbonyl (C=O) groups is 1. The van der Waals surface area contributed by atoms with Gasteiger partial charge < -0.3 is 14.8 Å². The summed E-state index contributed by atoms with van der Waals surface area (Å²) in [7, 11) is 0. The molecule has 0 saturated carbocycles. The van der Waals surface area contributed by atoms with E-state index >= 15 is 0 Å². The Bertz CT molecular complexity index is 960. The Kier molecular flexibility index (Phi) is 5.27. The summed E-state index contributed by atoms with van der Waals surface area (Å²) in [5.41, 5.74) is 1.68. The van der Waals surface area contributed by atoms with Gasteiger partial charge in [0.2, 0.25) is 5.91 Å². The molecule has 7 heteroatoms. The molecule has 3 aromatic rings. The van der Waals surface area contributed by atoms with E-state index in [0.29, 0.717) is 23.9 Å². The fourth-order valence-electron chi connectivity index (χ4n) is 2.76. The number of thiazole rings is 1. The molecule has 0 saturated heterocycles. The van der Waals surface area contributed by atoms with Crippen LogP contribution < -0.4 is 14.8 Å². The Labute approximate surface area is 165 Å². The summed E-state index contributed by atoms with van der Waals surface area (Å²) in [6.45, 7) is 0.797. The van der Waals surface area contributed by atoms with Crippen molar-refractivity contribution >= 4 is 28.8 Å². The molecule has 2 heterocycles. The predicted molar refractivity (Wildman–Crippen MR) is 106 cm³/mol. The monoisotopic (exact) mass is 400 g/mol. The minimum Gasteiger partial charge on any atom is -0.486 e. The third kappa shape index (κ3) is 4.40. The number of aromatic nitrogens is 1. The highest BCUT2D eigenvalue weighted by atomic mass is 35.5. The second kappa shape index (κ2) is 7.98. The van der Waals surface area contributed by atoms with E-state index < -0.39 is 0 Å². The molecule has 1 aliphatic heterocycles. The highest BCUT2D eigenvalue weighted by Gasteiger charge is 2.21. The lowest BCUT2D eigenvalue weighted by atomic mass is 10.2. The summed E-state index contributed by atoms with van der Waals surface area (Å²) >= 11 is 7.52. The van der Waals surface area contributed by atoms with Crippen LogP contribution in [0.25, 0.3) is 10.6 Å². The predicted octanol–water partition coefficient (Wildman–Crippen LogP) is 3.96. The number of nitrogens with zero attached hydrogens (tertiary/aromatic N) is 1. The number of hydrogen-bond donors (Lipinski definition) is 1. The number of nitrogens with one attached hydrogen (secondary N) is 1. The van der Waals surface area contributed by atoms with Crippen molar-refractivity contribution in [2.24, 2.45) is 0 Å². The summed E-state index contributed by atoms with van der Waals surface area (Å²) in [5, 5.41) is 6.30. The summed E-state index contributed by atoms with van der Waals surface area (Å²) in [4.78, 5) is 16.8. The van der Waals surface area contributed by atoms with Crippen LogP contribution in [0.4, 0.5) is 0 Å². The standard InChI is InChI=1S/C20H17ClN2O3S/c21-14-5-3-4-13(8-14)20-23-15(12-27-20)9-19(24)22-10-16-11-25-17-6-1-2-7-18(17)26-16/h1-8,12,16H,9-11H2,(H,22,24). The highest BCUT2D eigenvalue weighted by molar-refractivity contribution is 7.13. The number of carbonyl (C=O) groups excluding carboxylic acids is 1. The van der Waals surface area contributed by atoms with Crippen LogP contribution in [0.5, 0.6) is 11.5 Å². The molecule has 5 nitrogen and oxygen atoms in total. The zero-order chi connectivity index (χ0) is 18.6. The van der Waals surface area contributed by atoms with Gasteiger partial charge in [0.05, 0.1) is 18.7 Å². The number of halogens is 1. The first-order chi connectivity index (χ1) is 13.2.